The summed E-state index contributed by atoms with van der Waals surface area (Å²) in [4.78, 5) is 0. The van der Waals surface area contributed by atoms with Crippen LogP contribution in [0, 0.1) is 12.7 Å². The molecular weight excluding hydrogens is 294 g/mol. The molecule has 3 heteroatoms. The fourth-order valence-electron chi connectivity index (χ4n) is 2.70. The Labute approximate surface area is 132 Å². The SMILES string of the molecule is Cc1cccc(F)c1Pc1cccc(C2C=CC=CC2)c1O. The Morgan fingerprint density at radius 1 is 1.14 bits per heavy atom. The van der Waals surface area contributed by atoms with Crippen molar-refractivity contribution < 1.29 is 9.50 Å². The number of aryl methyl sites for hydroxylation is 1. The van der Waals surface area contributed by atoms with E-state index in [2.05, 4.69) is 12.2 Å². The van der Waals surface area contributed by atoms with E-state index in [0.717, 1.165) is 22.9 Å². The second-order valence-corrected chi connectivity index (χ2v) is 6.74. The van der Waals surface area contributed by atoms with Crippen molar-refractivity contribution in [2.75, 3.05) is 0 Å². The summed E-state index contributed by atoms with van der Waals surface area (Å²) >= 11 is 0. The Kier molecular flexibility index (Phi) is 4.40. The fraction of sp³-hybridized carbons (Fsp3) is 0.158. The van der Waals surface area contributed by atoms with Crippen molar-refractivity contribution in [1.29, 1.82) is 0 Å². The summed E-state index contributed by atoms with van der Waals surface area (Å²) in [5.74, 6) is 0.286. The molecule has 0 bridgehead atoms. The molecule has 0 saturated carbocycles. The van der Waals surface area contributed by atoms with Crippen molar-refractivity contribution in [1.82, 2.24) is 0 Å². The Morgan fingerprint density at radius 2 is 1.95 bits per heavy atom. The molecule has 2 aromatic carbocycles. The summed E-state index contributed by atoms with van der Waals surface area (Å²) in [6.07, 6.45) is 9.09. The van der Waals surface area contributed by atoms with Crippen LogP contribution in [-0.2, 0) is 0 Å². The van der Waals surface area contributed by atoms with Crippen LogP contribution in [0.2, 0.25) is 0 Å². The van der Waals surface area contributed by atoms with Crippen LogP contribution >= 0.6 is 8.58 Å². The van der Waals surface area contributed by atoms with Crippen LogP contribution in [0.5, 0.6) is 5.75 Å². The summed E-state index contributed by atoms with van der Waals surface area (Å²) < 4.78 is 14.0. The topological polar surface area (TPSA) is 20.2 Å². The summed E-state index contributed by atoms with van der Waals surface area (Å²) in [5.41, 5.74) is 1.84. The second-order valence-electron chi connectivity index (χ2n) is 5.46. The maximum Gasteiger partial charge on any atom is 0.131 e. The zero-order valence-corrected chi connectivity index (χ0v) is 13.4. The van der Waals surface area contributed by atoms with E-state index >= 15 is 0 Å². The van der Waals surface area contributed by atoms with Crippen molar-refractivity contribution in [2.24, 2.45) is 0 Å². The van der Waals surface area contributed by atoms with Gasteiger partial charge in [-0.05, 0) is 25.0 Å². The molecule has 0 fully saturated rings. The van der Waals surface area contributed by atoms with Gasteiger partial charge >= 0.3 is 0 Å². The van der Waals surface area contributed by atoms with E-state index in [0.29, 0.717) is 11.1 Å². The highest BCUT2D eigenvalue weighted by molar-refractivity contribution is 7.55. The van der Waals surface area contributed by atoms with Gasteiger partial charge in [-0.2, -0.15) is 0 Å². The number of halogens is 1. The van der Waals surface area contributed by atoms with Gasteiger partial charge in [0.1, 0.15) is 11.6 Å². The van der Waals surface area contributed by atoms with E-state index in [4.69, 9.17) is 0 Å². The smallest absolute Gasteiger partial charge is 0.131 e. The first-order valence-corrected chi connectivity index (χ1v) is 8.34. The highest BCUT2D eigenvalue weighted by atomic mass is 31.1. The number of aromatic hydroxyl groups is 1. The molecule has 0 saturated heterocycles. The van der Waals surface area contributed by atoms with Gasteiger partial charge in [0.25, 0.3) is 0 Å². The quantitative estimate of drug-likeness (QED) is 0.847. The number of hydrogen-bond acceptors (Lipinski definition) is 1. The molecule has 1 nitrogen and oxygen atoms in total. The molecule has 112 valence electrons. The molecule has 22 heavy (non-hydrogen) atoms. The van der Waals surface area contributed by atoms with Gasteiger partial charge in [0.15, 0.2) is 0 Å². The van der Waals surface area contributed by atoms with Crippen molar-refractivity contribution in [3.8, 4) is 5.75 Å². The molecule has 0 amide bonds. The number of phenols is 1. The van der Waals surface area contributed by atoms with Gasteiger partial charge in [0, 0.05) is 22.1 Å². The number of benzene rings is 2. The molecule has 2 atom stereocenters. The van der Waals surface area contributed by atoms with Gasteiger partial charge in [-0.3, -0.25) is 0 Å². The van der Waals surface area contributed by atoms with Crippen LogP contribution in [0.15, 0.2) is 60.7 Å². The Balaban J connectivity index is 1.95. The number of para-hydroxylation sites is 1. The standard InChI is InChI=1S/C19H18FOP/c1-13-7-5-11-16(20)19(13)22-17-12-6-10-15(18(17)21)14-8-3-2-4-9-14/h2-8,10-12,14,21-22H,9H2,1H3. The van der Waals surface area contributed by atoms with Crippen molar-refractivity contribution >= 4 is 19.2 Å². The predicted molar refractivity (Wildman–Crippen MR) is 92.5 cm³/mol. The molecule has 1 N–H and O–H groups in total. The zero-order valence-electron chi connectivity index (χ0n) is 12.4. The number of phenolic OH excluding ortho intramolecular Hbond substituents is 1. The van der Waals surface area contributed by atoms with Gasteiger partial charge < -0.3 is 5.11 Å². The Morgan fingerprint density at radius 3 is 2.68 bits per heavy atom. The van der Waals surface area contributed by atoms with E-state index in [1.54, 1.807) is 6.07 Å². The highest BCUT2D eigenvalue weighted by Gasteiger charge is 2.17. The molecule has 1 aliphatic carbocycles. The van der Waals surface area contributed by atoms with Crippen molar-refractivity contribution in [3.05, 3.63) is 77.6 Å². The molecule has 0 heterocycles. The fourth-order valence-corrected chi connectivity index (χ4v) is 3.89. The third kappa shape index (κ3) is 2.98. The van der Waals surface area contributed by atoms with Crippen LogP contribution in [0.3, 0.4) is 0 Å². The largest absolute Gasteiger partial charge is 0.507 e. The predicted octanol–water partition coefficient (Wildman–Crippen LogP) is 4.07. The van der Waals surface area contributed by atoms with E-state index in [9.17, 15) is 9.50 Å². The molecule has 0 aliphatic heterocycles. The van der Waals surface area contributed by atoms with Crippen LogP contribution in [0.4, 0.5) is 4.39 Å². The zero-order chi connectivity index (χ0) is 15.5. The molecular formula is C19H18FOP. The van der Waals surface area contributed by atoms with Crippen molar-refractivity contribution in [2.45, 2.75) is 19.3 Å². The summed E-state index contributed by atoms with van der Waals surface area (Å²) in [7, 11) is 0.117. The second kappa shape index (κ2) is 6.46. The van der Waals surface area contributed by atoms with E-state index < -0.39 is 0 Å². The van der Waals surface area contributed by atoms with E-state index in [1.807, 2.05) is 43.3 Å². The van der Waals surface area contributed by atoms with Crippen LogP contribution in [0.25, 0.3) is 0 Å². The lowest BCUT2D eigenvalue weighted by molar-refractivity contribution is 0.470. The monoisotopic (exact) mass is 312 g/mol. The maximum absolute atomic E-state index is 14.0. The average Bonchev–Trinajstić information content (AvgIpc) is 2.53. The molecule has 0 spiro atoms. The lowest BCUT2D eigenvalue weighted by Gasteiger charge is -2.17. The lowest BCUT2D eigenvalue weighted by atomic mass is 9.92. The lowest BCUT2D eigenvalue weighted by Crippen LogP contribution is -2.12. The number of allylic oxidation sites excluding steroid dienone is 4. The van der Waals surface area contributed by atoms with Crippen LogP contribution in [0.1, 0.15) is 23.5 Å². The van der Waals surface area contributed by atoms with Gasteiger partial charge in [-0.15, -0.1) is 0 Å². The first-order chi connectivity index (χ1) is 10.7. The van der Waals surface area contributed by atoms with E-state index in [1.165, 1.54) is 6.07 Å². The van der Waals surface area contributed by atoms with Gasteiger partial charge in [-0.1, -0.05) is 63.2 Å². The minimum Gasteiger partial charge on any atom is -0.507 e. The molecule has 0 aromatic heterocycles. The van der Waals surface area contributed by atoms with Crippen LogP contribution in [-0.4, -0.2) is 5.11 Å². The van der Waals surface area contributed by atoms with Gasteiger partial charge in [0.2, 0.25) is 0 Å². The molecule has 2 unspecified atom stereocenters. The average molecular weight is 312 g/mol. The first kappa shape index (κ1) is 15.0. The van der Waals surface area contributed by atoms with Gasteiger partial charge in [0.05, 0.1) is 0 Å². The third-order valence-electron chi connectivity index (χ3n) is 3.93. The molecule has 0 radical (unpaired) electrons. The first-order valence-electron chi connectivity index (χ1n) is 7.34. The molecule has 3 rings (SSSR count). The maximum atomic E-state index is 14.0. The summed E-state index contributed by atoms with van der Waals surface area (Å²) in [6.45, 7) is 1.90. The number of hydrogen-bond donors (Lipinski definition) is 1. The Bertz CT molecular complexity index is 729. The van der Waals surface area contributed by atoms with Crippen molar-refractivity contribution in [3.63, 3.8) is 0 Å². The Hall–Kier alpha value is -1.92. The van der Waals surface area contributed by atoms with Gasteiger partial charge in [-0.25, -0.2) is 4.39 Å². The van der Waals surface area contributed by atoms with E-state index in [-0.39, 0.29) is 20.3 Å². The normalized spacial score (nSPS) is 17.5. The molecule has 2 aromatic rings. The third-order valence-corrected chi connectivity index (χ3v) is 5.48. The minimum atomic E-state index is -0.205. The summed E-state index contributed by atoms with van der Waals surface area (Å²) in [5, 5.41) is 12.1. The summed E-state index contributed by atoms with van der Waals surface area (Å²) in [6, 6.07) is 10.9. The number of rotatable bonds is 3. The molecule has 1 aliphatic rings. The highest BCUT2D eigenvalue weighted by Crippen LogP contribution is 2.33. The minimum absolute atomic E-state index is 0.117. The van der Waals surface area contributed by atoms with Crippen LogP contribution < -0.4 is 10.6 Å².